The topological polar surface area (TPSA) is 51.1 Å². The van der Waals surface area contributed by atoms with Crippen LogP contribution in [0.15, 0.2) is 58.6 Å². The Morgan fingerprint density at radius 2 is 2.12 bits per heavy atom. The van der Waals surface area contributed by atoms with Crippen LogP contribution in [0.4, 0.5) is 5.69 Å². The molecule has 0 amide bonds. The van der Waals surface area contributed by atoms with Crippen molar-refractivity contribution >= 4 is 28.8 Å². The first-order valence-corrected chi connectivity index (χ1v) is 10.1. The third-order valence-corrected chi connectivity index (χ3v) is 5.69. The molecule has 1 aliphatic heterocycles. The Morgan fingerprint density at radius 3 is 2.88 bits per heavy atom. The van der Waals surface area contributed by atoms with Crippen molar-refractivity contribution < 1.29 is 4.74 Å². The summed E-state index contributed by atoms with van der Waals surface area (Å²) < 4.78 is 6.04. The van der Waals surface area contributed by atoms with E-state index in [0.717, 1.165) is 35.9 Å². The Labute approximate surface area is 155 Å². The van der Waals surface area contributed by atoms with Crippen molar-refractivity contribution in [2.24, 2.45) is 0 Å². The molecule has 1 atom stereocenters. The fraction of sp³-hybridized carbons (Fsp3) is 0.278. The van der Waals surface area contributed by atoms with Gasteiger partial charge in [-0.1, -0.05) is 0 Å². The van der Waals surface area contributed by atoms with Gasteiger partial charge in [0, 0.05) is 59.3 Å². The maximum atomic E-state index is 6.04. The van der Waals surface area contributed by atoms with E-state index < -0.39 is 0 Å². The number of hydrogen-bond acceptors (Lipinski definition) is 7. The number of ether oxygens (including phenoxy) is 1. The number of aromatic nitrogens is 3. The van der Waals surface area contributed by atoms with Crippen LogP contribution in [0.25, 0.3) is 0 Å². The van der Waals surface area contributed by atoms with E-state index in [1.807, 2.05) is 42.3 Å². The highest BCUT2D eigenvalue weighted by atomic mass is 32.2. The van der Waals surface area contributed by atoms with Crippen molar-refractivity contribution in [3.63, 3.8) is 0 Å². The summed E-state index contributed by atoms with van der Waals surface area (Å²) in [7, 11) is 0. The Bertz CT molecular complexity index is 781. The second-order valence-corrected chi connectivity index (χ2v) is 7.55. The third-order valence-electron chi connectivity index (χ3n) is 4.04. The van der Waals surface area contributed by atoms with E-state index in [-0.39, 0.29) is 6.10 Å². The van der Waals surface area contributed by atoms with Crippen LogP contribution in [-0.2, 0) is 5.75 Å². The van der Waals surface area contributed by atoms with Gasteiger partial charge in [0.05, 0.1) is 17.7 Å². The van der Waals surface area contributed by atoms with Crippen molar-refractivity contribution in [2.75, 3.05) is 18.0 Å². The zero-order chi connectivity index (χ0) is 16.9. The molecule has 7 heteroatoms. The summed E-state index contributed by atoms with van der Waals surface area (Å²) in [4.78, 5) is 16.3. The molecule has 25 heavy (non-hydrogen) atoms. The minimum atomic E-state index is 0.175. The van der Waals surface area contributed by atoms with Crippen LogP contribution in [0.3, 0.4) is 0 Å². The predicted octanol–water partition coefficient (Wildman–Crippen LogP) is 3.88. The van der Waals surface area contributed by atoms with Crippen LogP contribution in [0.1, 0.15) is 12.1 Å². The summed E-state index contributed by atoms with van der Waals surface area (Å²) in [5.41, 5.74) is 4.17. The predicted molar refractivity (Wildman–Crippen MR) is 101 cm³/mol. The van der Waals surface area contributed by atoms with Gasteiger partial charge in [-0.25, -0.2) is 9.97 Å². The van der Waals surface area contributed by atoms with Crippen LogP contribution in [0.5, 0.6) is 5.88 Å². The van der Waals surface area contributed by atoms with E-state index >= 15 is 0 Å². The normalized spacial score (nSPS) is 17.0. The maximum absolute atomic E-state index is 6.04. The van der Waals surface area contributed by atoms with Crippen LogP contribution < -0.4 is 9.64 Å². The highest BCUT2D eigenvalue weighted by molar-refractivity contribution is 7.98. The molecule has 1 aliphatic rings. The number of rotatable bonds is 6. The molecule has 128 valence electrons. The van der Waals surface area contributed by atoms with Gasteiger partial charge in [0.2, 0.25) is 5.88 Å². The quantitative estimate of drug-likeness (QED) is 0.614. The fourth-order valence-corrected chi connectivity index (χ4v) is 4.20. The highest BCUT2D eigenvalue weighted by Gasteiger charge is 2.24. The molecule has 3 aromatic rings. The number of nitrogens with zero attached hydrogens (tertiary/aromatic N) is 4. The van der Waals surface area contributed by atoms with E-state index in [1.54, 1.807) is 23.1 Å². The van der Waals surface area contributed by atoms with Crippen molar-refractivity contribution in [1.29, 1.82) is 0 Å². The first-order valence-electron chi connectivity index (χ1n) is 8.14. The molecule has 1 fully saturated rings. The lowest BCUT2D eigenvalue weighted by Crippen LogP contribution is -2.24. The molecule has 0 spiro atoms. The van der Waals surface area contributed by atoms with Gasteiger partial charge in [-0.2, -0.15) is 0 Å². The summed E-state index contributed by atoms with van der Waals surface area (Å²) in [5, 5.41) is 2.08. The summed E-state index contributed by atoms with van der Waals surface area (Å²) in [6, 6.07) is 8.09. The van der Waals surface area contributed by atoms with Gasteiger partial charge >= 0.3 is 0 Å². The van der Waals surface area contributed by atoms with Crippen LogP contribution in [-0.4, -0.2) is 34.1 Å². The molecule has 4 rings (SSSR count). The molecule has 0 bridgehead atoms. The lowest BCUT2D eigenvalue weighted by Gasteiger charge is -2.18. The number of thiazole rings is 1. The number of anilines is 1. The summed E-state index contributed by atoms with van der Waals surface area (Å²) in [6.07, 6.45) is 6.71. The molecule has 4 heterocycles. The molecule has 0 radical (unpaired) electrons. The van der Waals surface area contributed by atoms with E-state index in [1.165, 1.54) is 5.69 Å². The summed E-state index contributed by atoms with van der Waals surface area (Å²) >= 11 is 3.37. The molecule has 5 nitrogen and oxygen atoms in total. The van der Waals surface area contributed by atoms with Gasteiger partial charge in [0.1, 0.15) is 6.10 Å². The average molecular weight is 371 g/mol. The molecule has 0 N–H and O–H groups in total. The van der Waals surface area contributed by atoms with E-state index in [9.17, 15) is 0 Å². The second kappa shape index (κ2) is 7.84. The van der Waals surface area contributed by atoms with Crippen molar-refractivity contribution in [3.05, 3.63) is 59.4 Å². The second-order valence-electron chi connectivity index (χ2n) is 5.78. The van der Waals surface area contributed by atoms with Gasteiger partial charge in [0.15, 0.2) is 0 Å². The zero-order valence-electron chi connectivity index (χ0n) is 13.6. The average Bonchev–Trinajstić information content (AvgIpc) is 3.34. The van der Waals surface area contributed by atoms with Crippen LogP contribution in [0.2, 0.25) is 0 Å². The summed E-state index contributed by atoms with van der Waals surface area (Å²) in [6.45, 7) is 1.88. The monoisotopic (exact) mass is 370 g/mol. The minimum Gasteiger partial charge on any atom is -0.472 e. The molecule has 0 saturated carbocycles. The Morgan fingerprint density at radius 1 is 1.20 bits per heavy atom. The van der Waals surface area contributed by atoms with Crippen LogP contribution >= 0.6 is 23.1 Å². The molecule has 0 aliphatic carbocycles. The third kappa shape index (κ3) is 4.29. The summed E-state index contributed by atoms with van der Waals surface area (Å²) in [5.74, 6) is 1.56. The molecule has 0 aromatic carbocycles. The first kappa shape index (κ1) is 16.4. The number of pyridine rings is 2. The molecule has 3 aromatic heterocycles. The van der Waals surface area contributed by atoms with Gasteiger partial charge in [-0.15, -0.1) is 23.1 Å². The lowest BCUT2D eigenvalue weighted by molar-refractivity contribution is 0.215. The van der Waals surface area contributed by atoms with E-state index in [2.05, 4.69) is 31.3 Å². The van der Waals surface area contributed by atoms with Gasteiger partial charge in [-0.3, -0.25) is 4.98 Å². The molecule has 1 saturated heterocycles. The Balaban J connectivity index is 1.29. The van der Waals surface area contributed by atoms with Crippen molar-refractivity contribution in [3.8, 4) is 5.88 Å². The molecular weight excluding hydrogens is 352 g/mol. The maximum Gasteiger partial charge on any atom is 0.213 e. The Hall–Kier alpha value is -2.12. The van der Waals surface area contributed by atoms with E-state index in [0.29, 0.717) is 5.88 Å². The fourth-order valence-electron chi connectivity index (χ4n) is 2.77. The van der Waals surface area contributed by atoms with Gasteiger partial charge < -0.3 is 9.64 Å². The first-order chi connectivity index (χ1) is 12.4. The van der Waals surface area contributed by atoms with Crippen LogP contribution in [0, 0.1) is 0 Å². The minimum absolute atomic E-state index is 0.175. The largest absolute Gasteiger partial charge is 0.472 e. The lowest BCUT2D eigenvalue weighted by atomic mass is 10.3. The van der Waals surface area contributed by atoms with E-state index in [4.69, 9.17) is 4.74 Å². The van der Waals surface area contributed by atoms with Crippen molar-refractivity contribution in [2.45, 2.75) is 23.2 Å². The molecular formula is C18H18N4OS2. The van der Waals surface area contributed by atoms with Crippen molar-refractivity contribution in [1.82, 2.24) is 15.0 Å². The number of hydrogen-bond donors (Lipinski definition) is 0. The van der Waals surface area contributed by atoms with Gasteiger partial charge in [0.25, 0.3) is 0 Å². The molecule has 1 unspecified atom stereocenters. The smallest absolute Gasteiger partial charge is 0.213 e. The highest BCUT2D eigenvalue weighted by Crippen LogP contribution is 2.25. The number of thioether (sulfide) groups is 1. The Kier molecular flexibility index (Phi) is 5.13. The standard InChI is InChI=1S/C18H18N4OS2/c1-2-18(20-9-17(1)25-12-14-11-24-13-21-14)23-16-5-8-22(10-16)15-3-6-19-7-4-15/h1-4,6-7,9,11,13,16H,5,8,10,12H2. The van der Waals surface area contributed by atoms with Gasteiger partial charge in [-0.05, 0) is 18.2 Å². The zero-order valence-corrected chi connectivity index (χ0v) is 15.2. The SMILES string of the molecule is c1cc(N2CCC(Oc3ccc(SCc4cscn4)cn3)C2)ccn1.